The van der Waals surface area contributed by atoms with Crippen molar-refractivity contribution in [3.8, 4) is 0 Å². The highest BCUT2D eigenvalue weighted by Crippen LogP contribution is 2.18. The second kappa shape index (κ2) is 5.35. The summed E-state index contributed by atoms with van der Waals surface area (Å²) in [5.74, 6) is 0.938. The predicted octanol–water partition coefficient (Wildman–Crippen LogP) is 0.986. The van der Waals surface area contributed by atoms with E-state index in [1.165, 1.54) is 0 Å². The lowest BCUT2D eigenvalue weighted by molar-refractivity contribution is 0.153. The van der Waals surface area contributed by atoms with Crippen LogP contribution in [0.4, 0.5) is 0 Å². The van der Waals surface area contributed by atoms with Gasteiger partial charge >= 0.3 is 0 Å². The molecular weight excluding hydrogens is 190 g/mol. The normalized spacial score (nSPS) is 21.1. The fraction of sp³-hybridized carbons (Fsp3) is 0.909. The van der Waals surface area contributed by atoms with Gasteiger partial charge in [-0.3, -0.25) is 4.99 Å². The Morgan fingerprint density at radius 2 is 2.33 bits per heavy atom. The highest BCUT2D eigenvalue weighted by Gasteiger charge is 2.19. The smallest absolute Gasteiger partial charge is 0.191 e. The average Bonchev–Trinajstić information content (AvgIpc) is 2.59. The van der Waals surface area contributed by atoms with Gasteiger partial charge in [0.05, 0.1) is 6.54 Å². The fourth-order valence-electron chi connectivity index (χ4n) is 1.45. The predicted molar refractivity (Wildman–Crippen MR) is 63.2 cm³/mol. The maximum Gasteiger partial charge on any atom is 0.191 e. The molecule has 1 aliphatic rings. The van der Waals surface area contributed by atoms with Crippen molar-refractivity contribution in [1.82, 2.24) is 10.6 Å². The Hall–Kier alpha value is -0.770. The van der Waals surface area contributed by atoms with Gasteiger partial charge in [0.1, 0.15) is 0 Å². The molecule has 0 bridgehead atoms. The third-order valence-corrected chi connectivity index (χ3v) is 2.62. The van der Waals surface area contributed by atoms with Gasteiger partial charge in [-0.2, -0.15) is 0 Å². The molecule has 1 atom stereocenters. The van der Waals surface area contributed by atoms with E-state index in [4.69, 9.17) is 4.74 Å². The molecule has 0 fully saturated rings. The van der Waals surface area contributed by atoms with Crippen LogP contribution in [-0.2, 0) is 4.74 Å². The number of rotatable bonds is 5. The van der Waals surface area contributed by atoms with Crippen molar-refractivity contribution in [3.63, 3.8) is 0 Å². The molecule has 1 rings (SSSR count). The van der Waals surface area contributed by atoms with Gasteiger partial charge in [-0.05, 0) is 18.8 Å². The van der Waals surface area contributed by atoms with Crippen molar-refractivity contribution in [2.45, 2.75) is 33.2 Å². The van der Waals surface area contributed by atoms with E-state index in [1.807, 2.05) is 0 Å². The van der Waals surface area contributed by atoms with Crippen molar-refractivity contribution in [3.05, 3.63) is 0 Å². The summed E-state index contributed by atoms with van der Waals surface area (Å²) in [6.45, 7) is 9.21. The molecule has 0 radical (unpaired) electrons. The van der Waals surface area contributed by atoms with Crippen LogP contribution in [0.5, 0.6) is 0 Å². The van der Waals surface area contributed by atoms with Crippen molar-refractivity contribution in [2.75, 3.05) is 26.8 Å². The number of nitrogens with one attached hydrogen (secondary N) is 2. The SMILES string of the molecule is COCCC(C)(C)CNC1=NCC(C)N1. The number of aliphatic imine (C=N–C) groups is 1. The topological polar surface area (TPSA) is 45.6 Å². The molecule has 1 unspecified atom stereocenters. The van der Waals surface area contributed by atoms with Crippen LogP contribution >= 0.6 is 0 Å². The number of guanidine groups is 1. The van der Waals surface area contributed by atoms with Crippen LogP contribution in [0.25, 0.3) is 0 Å². The Morgan fingerprint density at radius 1 is 1.60 bits per heavy atom. The molecule has 0 aliphatic carbocycles. The lowest BCUT2D eigenvalue weighted by Crippen LogP contribution is -2.42. The van der Waals surface area contributed by atoms with Gasteiger partial charge in [-0.1, -0.05) is 13.8 Å². The molecule has 0 saturated carbocycles. The van der Waals surface area contributed by atoms with E-state index >= 15 is 0 Å². The van der Waals surface area contributed by atoms with Gasteiger partial charge in [0.25, 0.3) is 0 Å². The molecule has 0 aromatic heterocycles. The largest absolute Gasteiger partial charge is 0.385 e. The van der Waals surface area contributed by atoms with E-state index in [0.717, 1.165) is 32.1 Å². The first kappa shape index (κ1) is 12.3. The molecule has 15 heavy (non-hydrogen) atoms. The van der Waals surface area contributed by atoms with Crippen molar-refractivity contribution >= 4 is 5.96 Å². The standard InChI is InChI=1S/C11H23N3O/c1-9-7-12-10(14-9)13-8-11(2,3)5-6-15-4/h9H,5-8H2,1-4H3,(H2,12,13,14). The highest BCUT2D eigenvalue weighted by molar-refractivity contribution is 5.81. The minimum Gasteiger partial charge on any atom is -0.385 e. The van der Waals surface area contributed by atoms with Gasteiger partial charge < -0.3 is 15.4 Å². The van der Waals surface area contributed by atoms with E-state index in [-0.39, 0.29) is 5.41 Å². The maximum absolute atomic E-state index is 5.09. The zero-order valence-electron chi connectivity index (χ0n) is 10.3. The van der Waals surface area contributed by atoms with Crippen molar-refractivity contribution < 1.29 is 4.74 Å². The minimum absolute atomic E-state index is 0.242. The van der Waals surface area contributed by atoms with Gasteiger partial charge in [0.2, 0.25) is 0 Å². The summed E-state index contributed by atoms with van der Waals surface area (Å²) >= 11 is 0. The molecule has 0 spiro atoms. The first-order chi connectivity index (χ1) is 7.03. The van der Waals surface area contributed by atoms with E-state index in [0.29, 0.717) is 6.04 Å². The van der Waals surface area contributed by atoms with Gasteiger partial charge in [-0.15, -0.1) is 0 Å². The summed E-state index contributed by atoms with van der Waals surface area (Å²) in [4.78, 5) is 4.36. The summed E-state index contributed by atoms with van der Waals surface area (Å²) in [7, 11) is 1.74. The second-order valence-electron chi connectivity index (χ2n) is 5.00. The highest BCUT2D eigenvalue weighted by atomic mass is 16.5. The fourth-order valence-corrected chi connectivity index (χ4v) is 1.45. The van der Waals surface area contributed by atoms with Gasteiger partial charge in [0, 0.05) is 26.3 Å². The molecule has 0 amide bonds. The third-order valence-electron chi connectivity index (χ3n) is 2.62. The Morgan fingerprint density at radius 3 is 2.87 bits per heavy atom. The molecule has 4 nitrogen and oxygen atoms in total. The van der Waals surface area contributed by atoms with Crippen LogP contribution in [0.15, 0.2) is 4.99 Å². The molecule has 1 heterocycles. The first-order valence-electron chi connectivity index (χ1n) is 5.57. The van der Waals surface area contributed by atoms with Crippen LogP contribution in [0.1, 0.15) is 27.2 Å². The minimum atomic E-state index is 0.242. The molecule has 0 aromatic carbocycles. The van der Waals surface area contributed by atoms with Gasteiger partial charge in [-0.25, -0.2) is 0 Å². The van der Waals surface area contributed by atoms with Crippen LogP contribution in [-0.4, -0.2) is 38.8 Å². The van der Waals surface area contributed by atoms with E-state index in [2.05, 4.69) is 36.4 Å². The summed E-state index contributed by atoms with van der Waals surface area (Å²) in [5, 5.41) is 6.63. The lowest BCUT2D eigenvalue weighted by atomic mass is 9.90. The second-order valence-corrected chi connectivity index (χ2v) is 5.00. The van der Waals surface area contributed by atoms with E-state index in [9.17, 15) is 0 Å². The third kappa shape index (κ3) is 4.51. The first-order valence-corrected chi connectivity index (χ1v) is 5.57. The Kier molecular flexibility index (Phi) is 4.39. The Labute approximate surface area is 92.5 Å². The quantitative estimate of drug-likeness (QED) is 0.716. The summed E-state index contributed by atoms with van der Waals surface area (Å²) in [6, 6.07) is 0.467. The zero-order chi connectivity index (χ0) is 11.3. The molecule has 0 aromatic rings. The number of nitrogens with zero attached hydrogens (tertiary/aromatic N) is 1. The van der Waals surface area contributed by atoms with Crippen LogP contribution < -0.4 is 10.6 Å². The summed E-state index contributed by atoms with van der Waals surface area (Å²) in [5.41, 5.74) is 0.242. The van der Waals surface area contributed by atoms with Crippen LogP contribution in [0, 0.1) is 5.41 Å². The zero-order valence-corrected chi connectivity index (χ0v) is 10.3. The van der Waals surface area contributed by atoms with Gasteiger partial charge in [0.15, 0.2) is 5.96 Å². The number of hydrogen-bond acceptors (Lipinski definition) is 4. The van der Waals surface area contributed by atoms with Crippen LogP contribution in [0.3, 0.4) is 0 Å². The Balaban J connectivity index is 2.23. The summed E-state index contributed by atoms with van der Waals surface area (Å²) < 4.78 is 5.09. The van der Waals surface area contributed by atoms with Crippen molar-refractivity contribution in [2.24, 2.45) is 10.4 Å². The maximum atomic E-state index is 5.09. The van der Waals surface area contributed by atoms with E-state index in [1.54, 1.807) is 7.11 Å². The molecule has 1 aliphatic heterocycles. The average molecular weight is 213 g/mol. The Bertz CT molecular complexity index is 226. The molecule has 88 valence electrons. The van der Waals surface area contributed by atoms with E-state index < -0.39 is 0 Å². The molecule has 4 heteroatoms. The number of hydrogen-bond donors (Lipinski definition) is 2. The lowest BCUT2D eigenvalue weighted by Gasteiger charge is -2.25. The number of methoxy groups -OCH3 is 1. The molecule has 2 N–H and O–H groups in total. The molecular formula is C11H23N3O. The van der Waals surface area contributed by atoms with Crippen molar-refractivity contribution in [1.29, 1.82) is 0 Å². The molecule has 0 saturated heterocycles. The monoisotopic (exact) mass is 213 g/mol. The number of ether oxygens (including phenoxy) is 1. The summed E-state index contributed by atoms with van der Waals surface area (Å²) in [6.07, 6.45) is 1.05. The van der Waals surface area contributed by atoms with Crippen LogP contribution in [0.2, 0.25) is 0 Å².